The van der Waals surface area contributed by atoms with E-state index in [1.54, 1.807) is 0 Å². The van der Waals surface area contributed by atoms with E-state index in [0.29, 0.717) is 48.8 Å². The zero-order valence-electron chi connectivity index (χ0n) is 15.9. The lowest BCUT2D eigenvalue weighted by Crippen LogP contribution is -2.37. The van der Waals surface area contributed by atoms with Crippen molar-refractivity contribution in [2.45, 2.75) is 40.3 Å². The fraction of sp³-hybridized carbons (Fsp3) is 0.474. The molecule has 1 aromatic carbocycles. The SMILES string of the molecule is CCNC(=NCc1cc(Cl)c2c(c1)OCCCO2)NCc1c(C)noc1C. The van der Waals surface area contributed by atoms with Crippen LogP contribution < -0.4 is 20.1 Å². The van der Waals surface area contributed by atoms with Gasteiger partial charge < -0.3 is 24.6 Å². The molecular formula is C19H25ClN4O3. The number of fused-ring (bicyclic) bond motifs is 1. The Morgan fingerprint density at radius 2 is 2.04 bits per heavy atom. The van der Waals surface area contributed by atoms with Crippen molar-refractivity contribution in [2.75, 3.05) is 19.8 Å². The average Bonchev–Trinajstić information content (AvgIpc) is 2.84. The third kappa shape index (κ3) is 4.86. The topological polar surface area (TPSA) is 80.9 Å². The maximum absolute atomic E-state index is 6.36. The molecule has 146 valence electrons. The third-order valence-electron chi connectivity index (χ3n) is 4.24. The van der Waals surface area contributed by atoms with Crippen LogP contribution in [0.3, 0.4) is 0 Å². The van der Waals surface area contributed by atoms with Crippen molar-refractivity contribution in [3.63, 3.8) is 0 Å². The number of ether oxygens (including phenoxy) is 2. The van der Waals surface area contributed by atoms with Gasteiger partial charge in [0.2, 0.25) is 0 Å². The van der Waals surface area contributed by atoms with Crippen LogP contribution in [0.15, 0.2) is 21.6 Å². The molecule has 0 radical (unpaired) electrons. The Morgan fingerprint density at radius 3 is 2.78 bits per heavy atom. The van der Waals surface area contributed by atoms with Crippen LogP contribution in [0.25, 0.3) is 0 Å². The Kier molecular flexibility index (Phi) is 6.45. The van der Waals surface area contributed by atoms with Gasteiger partial charge >= 0.3 is 0 Å². The number of nitrogens with zero attached hydrogens (tertiary/aromatic N) is 2. The normalized spacial score (nSPS) is 14.0. The second kappa shape index (κ2) is 8.99. The molecule has 2 heterocycles. The zero-order valence-corrected chi connectivity index (χ0v) is 16.7. The molecule has 0 spiro atoms. The highest BCUT2D eigenvalue weighted by Gasteiger charge is 2.15. The van der Waals surface area contributed by atoms with Gasteiger partial charge in [-0.2, -0.15) is 0 Å². The predicted octanol–water partition coefficient (Wildman–Crippen LogP) is 3.36. The van der Waals surface area contributed by atoms with Crippen LogP contribution in [0.2, 0.25) is 5.02 Å². The first-order chi connectivity index (χ1) is 13.1. The summed E-state index contributed by atoms with van der Waals surface area (Å²) in [6, 6.07) is 3.81. The second-order valence-electron chi connectivity index (χ2n) is 6.31. The van der Waals surface area contributed by atoms with Crippen molar-refractivity contribution in [3.05, 3.63) is 39.7 Å². The summed E-state index contributed by atoms with van der Waals surface area (Å²) >= 11 is 6.36. The molecule has 2 aromatic rings. The molecule has 1 aromatic heterocycles. The number of hydrogen-bond donors (Lipinski definition) is 2. The van der Waals surface area contributed by atoms with Gasteiger partial charge in [0.05, 0.1) is 30.5 Å². The van der Waals surface area contributed by atoms with Crippen molar-refractivity contribution in [2.24, 2.45) is 4.99 Å². The largest absolute Gasteiger partial charge is 0.489 e. The lowest BCUT2D eigenvalue weighted by atomic mass is 10.2. The molecule has 0 fully saturated rings. The molecule has 3 rings (SSSR count). The van der Waals surface area contributed by atoms with E-state index in [-0.39, 0.29) is 0 Å². The molecule has 0 bridgehead atoms. The Morgan fingerprint density at radius 1 is 1.22 bits per heavy atom. The van der Waals surface area contributed by atoms with Crippen molar-refractivity contribution >= 4 is 17.6 Å². The fourth-order valence-corrected chi connectivity index (χ4v) is 3.10. The number of nitrogens with one attached hydrogen (secondary N) is 2. The standard InChI is InChI=1S/C19H25ClN4O3/c1-4-21-19(23-11-15-12(2)24-27-13(15)3)22-10-14-8-16(20)18-17(9-14)25-6-5-7-26-18/h8-9H,4-7,10-11H2,1-3H3,(H2,21,22,23). The summed E-state index contributed by atoms with van der Waals surface area (Å²) in [5, 5.41) is 11.1. The van der Waals surface area contributed by atoms with Gasteiger partial charge in [-0.3, -0.25) is 0 Å². The molecule has 0 atom stereocenters. The van der Waals surface area contributed by atoms with E-state index in [1.807, 2.05) is 32.9 Å². The maximum Gasteiger partial charge on any atom is 0.191 e. The van der Waals surface area contributed by atoms with E-state index < -0.39 is 0 Å². The molecule has 1 aliphatic rings. The molecular weight excluding hydrogens is 368 g/mol. The van der Waals surface area contributed by atoms with Crippen molar-refractivity contribution < 1.29 is 14.0 Å². The monoisotopic (exact) mass is 392 g/mol. The summed E-state index contributed by atoms with van der Waals surface area (Å²) in [5.41, 5.74) is 2.88. The van der Waals surface area contributed by atoms with E-state index >= 15 is 0 Å². The second-order valence-corrected chi connectivity index (χ2v) is 6.71. The van der Waals surface area contributed by atoms with Crippen LogP contribution >= 0.6 is 11.6 Å². The van der Waals surface area contributed by atoms with Gasteiger partial charge in [-0.25, -0.2) is 4.99 Å². The van der Waals surface area contributed by atoms with Crippen molar-refractivity contribution in [3.8, 4) is 11.5 Å². The summed E-state index contributed by atoms with van der Waals surface area (Å²) in [6.07, 6.45) is 0.842. The van der Waals surface area contributed by atoms with E-state index in [1.165, 1.54) is 0 Å². The average molecular weight is 393 g/mol. The highest BCUT2D eigenvalue weighted by atomic mass is 35.5. The van der Waals surface area contributed by atoms with Crippen molar-refractivity contribution in [1.29, 1.82) is 0 Å². The molecule has 1 aliphatic heterocycles. The number of halogens is 1. The van der Waals surface area contributed by atoms with Gasteiger partial charge in [-0.05, 0) is 38.5 Å². The first-order valence-corrected chi connectivity index (χ1v) is 9.48. The third-order valence-corrected chi connectivity index (χ3v) is 4.52. The van der Waals surface area contributed by atoms with Gasteiger partial charge in [0.25, 0.3) is 0 Å². The van der Waals surface area contributed by atoms with E-state index in [9.17, 15) is 0 Å². The first kappa shape index (κ1) is 19.4. The fourth-order valence-electron chi connectivity index (χ4n) is 2.81. The lowest BCUT2D eigenvalue weighted by molar-refractivity contribution is 0.297. The van der Waals surface area contributed by atoms with Crippen LogP contribution in [-0.4, -0.2) is 30.9 Å². The van der Waals surface area contributed by atoms with Crippen LogP contribution in [-0.2, 0) is 13.1 Å². The summed E-state index contributed by atoms with van der Waals surface area (Å²) in [4.78, 5) is 4.64. The first-order valence-electron chi connectivity index (χ1n) is 9.10. The van der Waals surface area contributed by atoms with Crippen LogP contribution in [0.5, 0.6) is 11.5 Å². The molecule has 0 unspecified atom stereocenters. The number of rotatable bonds is 5. The smallest absolute Gasteiger partial charge is 0.191 e. The summed E-state index contributed by atoms with van der Waals surface area (Å²) < 4.78 is 16.6. The van der Waals surface area contributed by atoms with Crippen LogP contribution in [0, 0.1) is 13.8 Å². The molecule has 8 heteroatoms. The minimum Gasteiger partial charge on any atom is -0.489 e. The maximum atomic E-state index is 6.36. The molecule has 0 saturated heterocycles. The zero-order chi connectivity index (χ0) is 19.2. The number of guanidine groups is 1. The number of hydrogen-bond acceptors (Lipinski definition) is 5. The highest BCUT2D eigenvalue weighted by Crippen LogP contribution is 2.38. The molecule has 0 saturated carbocycles. The Bertz CT molecular complexity index is 800. The van der Waals surface area contributed by atoms with Gasteiger partial charge in [0.15, 0.2) is 17.5 Å². The molecule has 27 heavy (non-hydrogen) atoms. The lowest BCUT2D eigenvalue weighted by Gasteiger charge is -2.13. The molecule has 0 amide bonds. The van der Waals surface area contributed by atoms with Crippen LogP contribution in [0.4, 0.5) is 0 Å². The Hall–Kier alpha value is -2.41. The highest BCUT2D eigenvalue weighted by molar-refractivity contribution is 6.32. The summed E-state index contributed by atoms with van der Waals surface area (Å²) in [6.45, 7) is 8.91. The summed E-state index contributed by atoms with van der Waals surface area (Å²) in [7, 11) is 0. The van der Waals surface area contributed by atoms with Gasteiger partial charge in [0, 0.05) is 25.1 Å². The minimum absolute atomic E-state index is 0.466. The Labute approximate surface area is 164 Å². The van der Waals surface area contributed by atoms with Gasteiger partial charge in [-0.15, -0.1) is 0 Å². The van der Waals surface area contributed by atoms with Crippen molar-refractivity contribution in [1.82, 2.24) is 15.8 Å². The van der Waals surface area contributed by atoms with Gasteiger partial charge in [0.1, 0.15) is 5.76 Å². The number of aromatic nitrogens is 1. The predicted molar refractivity (Wildman–Crippen MR) is 105 cm³/mol. The van der Waals surface area contributed by atoms with Gasteiger partial charge in [-0.1, -0.05) is 16.8 Å². The molecule has 7 nitrogen and oxygen atoms in total. The molecule has 0 aliphatic carbocycles. The number of aliphatic imine (C=N–C) groups is 1. The van der Waals surface area contributed by atoms with E-state index in [2.05, 4.69) is 20.8 Å². The molecule has 2 N–H and O–H groups in total. The van der Waals surface area contributed by atoms with E-state index in [4.69, 9.17) is 25.6 Å². The Balaban J connectivity index is 1.71. The quantitative estimate of drug-likeness (QED) is 0.599. The minimum atomic E-state index is 0.466. The van der Waals surface area contributed by atoms with E-state index in [0.717, 1.165) is 35.5 Å². The number of aryl methyl sites for hydroxylation is 2. The summed E-state index contributed by atoms with van der Waals surface area (Å²) in [5.74, 6) is 2.82. The van der Waals surface area contributed by atoms with Crippen LogP contribution in [0.1, 0.15) is 35.9 Å². The number of benzene rings is 1.